The molecule has 10 heteroatoms. The lowest BCUT2D eigenvalue weighted by atomic mass is 10.1. The molecule has 0 aromatic heterocycles. The predicted octanol–water partition coefficient (Wildman–Crippen LogP) is 3.90. The molecular weight excluding hydrogens is 390 g/mol. The van der Waals surface area contributed by atoms with Gasteiger partial charge in [-0.25, -0.2) is 17.5 Å². The van der Waals surface area contributed by atoms with E-state index in [2.05, 4.69) is 4.72 Å². The third-order valence-electron chi connectivity index (χ3n) is 3.79. The number of sulfonamides is 1. The third-order valence-corrected chi connectivity index (χ3v) is 5.33. The van der Waals surface area contributed by atoms with Crippen LogP contribution in [0.2, 0.25) is 0 Å². The van der Waals surface area contributed by atoms with Crippen LogP contribution in [0.15, 0.2) is 41.3 Å². The maximum absolute atomic E-state index is 13.4. The lowest BCUT2D eigenvalue weighted by Crippen LogP contribution is -2.27. The average Bonchev–Trinajstić information content (AvgIpc) is 2.59. The van der Waals surface area contributed by atoms with Gasteiger partial charge in [-0.15, -0.1) is 0 Å². The summed E-state index contributed by atoms with van der Waals surface area (Å²) in [4.78, 5) is -0.704. The maximum atomic E-state index is 13.4. The van der Waals surface area contributed by atoms with Crippen molar-refractivity contribution in [2.24, 2.45) is 0 Å². The number of rotatable bonds is 6. The number of hydrogen-bond donors (Lipinski definition) is 1. The monoisotopic (exact) mass is 407 g/mol. The molecule has 0 fully saturated rings. The average molecular weight is 407 g/mol. The summed E-state index contributed by atoms with van der Waals surface area (Å²) in [5, 5.41) is 0. The predicted molar refractivity (Wildman–Crippen MR) is 89.7 cm³/mol. The van der Waals surface area contributed by atoms with Gasteiger partial charge in [0.15, 0.2) is 0 Å². The number of nitrogens with one attached hydrogen (secondary N) is 1. The molecule has 0 heterocycles. The van der Waals surface area contributed by atoms with Crippen LogP contribution in [-0.4, -0.2) is 22.6 Å². The van der Waals surface area contributed by atoms with Gasteiger partial charge in [0, 0.05) is 11.6 Å². The van der Waals surface area contributed by atoms with Crippen molar-refractivity contribution >= 4 is 10.0 Å². The van der Waals surface area contributed by atoms with Crippen LogP contribution in [0.1, 0.15) is 24.1 Å². The molecule has 0 spiro atoms. The van der Waals surface area contributed by atoms with Gasteiger partial charge in [-0.2, -0.15) is 13.2 Å². The summed E-state index contributed by atoms with van der Waals surface area (Å²) in [5.41, 5.74) is -1.24. The summed E-state index contributed by atoms with van der Waals surface area (Å²) >= 11 is 0. The van der Waals surface area contributed by atoms with Crippen LogP contribution < -0.4 is 14.2 Å². The molecule has 0 radical (unpaired) electrons. The first-order chi connectivity index (χ1) is 12.5. The van der Waals surface area contributed by atoms with Crippen molar-refractivity contribution in [1.29, 1.82) is 0 Å². The van der Waals surface area contributed by atoms with E-state index in [-0.39, 0.29) is 6.07 Å². The van der Waals surface area contributed by atoms with Crippen molar-refractivity contribution in [3.63, 3.8) is 0 Å². The van der Waals surface area contributed by atoms with Gasteiger partial charge in [0.25, 0.3) is 0 Å². The number of halogens is 4. The van der Waals surface area contributed by atoms with Crippen LogP contribution in [0.4, 0.5) is 17.6 Å². The fourth-order valence-corrected chi connectivity index (χ4v) is 3.68. The minimum atomic E-state index is -5.02. The molecule has 0 amide bonds. The maximum Gasteiger partial charge on any atom is 0.419 e. The highest BCUT2D eigenvalue weighted by molar-refractivity contribution is 7.89. The highest BCUT2D eigenvalue weighted by atomic mass is 32.2. The quantitative estimate of drug-likeness (QED) is 0.738. The summed E-state index contributed by atoms with van der Waals surface area (Å²) in [6.07, 6.45) is -5.02. The van der Waals surface area contributed by atoms with E-state index in [1.807, 2.05) is 0 Å². The van der Waals surface area contributed by atoms with Gasteiger partial charge < -0.3 is 9.47 Å². The first-order valence-corrected chi connectivity index (χ1v) is 9.09. The standard InChI is InChI=1S/C17H17F4NO4S/c1-10(13-8-11(25-2)4-7-16(13)26-3)22-27(23,24)12-5-6-15(18)14(9-12)17(19,20)21/h4-10,22H,1-3H3. The normalized spacial score (nSPS) is 13.3. The Morgan fingerprint density at radius 3 is 2.26 bits per heavy atom. The summed E-state index contributed by atoms with van der Waals surface area (Å²) < 4.78 is 89.4. The van der Waals surface area contributed by atoms with Crippen molar-refractivity contribution in [2.75, 3.05) is 14.2 Å². The Balaban J connectivity index is 2.39. The molecule has 148 valence electrons. The minimum Gasteiger partial charge on any atom is -0.497 e. The summed E-state index contributed by atoms with van der Waals surface area (Å²) in [6.45, 7) is 1.49. The zero-order valence-corrected chi connectivity index (χ0v) is 15.4. The molecule has 0 aliphatic rings. The van der Waals surface area contributed by atoms with Crippen LogP contribution in [0.5, 0.6) is 11.5 Å². The molecule has 5 nitrogen and oxygen atoms in total. The van der Waals surface area contributed by atoms with Crippen molar-refractivity contribution in [1.82, 2.24) is 4.72 Å². The summed E-state index contributed by atoms with van der Waals surface area (Å²) in [5.74, 6) is -0.747. The molecule has 1 N–H and O–H groups in total. The van der Waals surface area contributed by atoms with Gasteiger partial charge in [0.05, 0.1) is 24.7 Å². The number of ether oxygens (including phenoxy) is 2. The molecule has 2 aromatic rings. The molecule has 27 heavy (non-hydrogen) atoms. The van der Waals surface area contributed by atoms with Crippen molar-refractivity contribution < 1.29 is 35.5 Å². The lowest BCUT2D eigenvalue weighted by molar-refractivity contribution is -0.140. The van der Waals surface area contributed by atoms with Gasteiger partial charge in [-0.05, 0) is 43.3 Å². The van der Waals surface area contributed by atoms with E-state index in [4.69, 9.17) is 9.47 Å². The smallest absolute Gasteiger partial charge is 0.419 e. The van der Waals surface area contributed by atoms with E-state index < -0.39 is 38.5 Å². The van der Waals surface area contributed by atoms with E-state index in [0.29, 0.717) is 23.1 Å². The number of benzene rings is 2. The molecule has 0 bridgehead atoms. The first kappa shape index (κ1) is 21.0. The van der Waals surface area contributed by atoms with E-state index in [0.717, 1.165) is 6.07 Å². The Morgan fingerprint density at radius 2 is 1.70 bits per heavy atom. The van der Waals surface area contributed by atoms with Crippen molar-refractivity contribution in [3.05, 3.63) is 53.3 Å². The first-order valence-electron chi connectivity index (χ1n) is 7.60. The van der Waals surface area contributed by atoms with E-state index in [1.54, 1.807) is 12.1 Å². The molecule has 0 aliphatic carbocycles. The number of methoxy groups -OCH3 is 2. The van der Waals surface area contributed by atoms with E-state index in [1.165, 1.54) is 27.2 Å². The molecule has 2 rings (SSSR count). The van der Waals surface area contributed by atoms with Crippen LogP contribution in [0.25, 0.3) is 0 Å². The number of alkyl halides is 3. The van der Waals surface area contributed by atoms with Crippen LogP contribution in [0, 0.1) is 5.82 Å². The van der Waals surface area contributed by atoms with E-state index in [9.17, 15) is 26.0 Å². The second-order valence-electron chi connectivity index (χ2n) is 5.59. The Morgan fingerprint density at radius 1 is 1.04 bits per heavy atom. The zero-order chi connectivity index (χ0) is 20.4. The topological polar surface area (TPSA) is 64.6 Å². The van der Waals surface area contributed by atoms with Gasteiger partial charge in [-0.1, -0.05) is 0 Å². The largest absolute Gasteiger partial charge is 0.497 e. The fourth-order valence-electron chi connectivity index (χ4n) is 2.43. The van der Waals surface area contributed by atoms with Gasteiger partial charge in [-0.3, -0.25) is 0 Å². The highest BCUT2D eigenvalue weighted by Crippen LogP contribution is 2.34. The minimum absolute atomic E-state index is 0.257. The van der Waals surface area contributed by atoms with Crippen molar-refractivity contribution in [3.8, 4) is 11.5 Å². The molecule has 1 atom stereocenters. The Labute approximate surface area is 154 Å². The van der Waals surface area contributed by atoms with Crippen LogP contribution in [-0.2, 0) is 16.2 Å². The van der Waals surface area contributed by atoms with Gasteiger partial charge in [0.2, 0.25) is 10.0 Å². The molecule has 0 aliphatic heterocycles. The van der Waals surface area contributed by atoms with Gasteiger partial charge >= 0.3 is 6.18 Å². The van der Waals surface area contributed by atoms with Crippen LogP contribution >= 0.6 is 0 Å². The zero-order valence-electron chi connectivity index (χ0n) is 14.6. The fraction of sp³-hybridized carbons (Fsp3) is 0.294. The molecule has 1 unspecified atom stereocenters. The molecule has 0 saturated carbocycles. The summed E-state index contributed by atoms with van der Waals surface area (Å²) in [7, 11) is -1.55. The Bertz CT molecular complexity index is 929. The third kappa shape index (κ3) is 4.69. The van der Waals surface area contributed by atoms with Crippen LogP contribution in [0.3, 0.4) is 0 Å². The second-order valence-corrected chi connectivity index (χ2v) is 7.30. The highest BCUT2D eigenvalue weighted by Gasteiger charge is 2.35. The Hall–Kier alpha value is -2.33. The summed E-state index contributed by atoms with van der Waals surface area (Å²) in [6, 6.07) is 5.35. The molecular formula is C17H17F4NO4S. The second kappa shape index (κ2) is 7.73. The number of hydrogen-bond acceptors (Lipinski definition) is 4. The molecule has 2 aromatic carbocycles. The SMILES string of the molecule is COc1ccc(OC)c(C(C)NS(=O)(=O)c2ccc(F)c(C(F)(F)F)c2)c1. The van der Waals surface area contributed by atoms with Gasteiger partial charge in [0.1, 0.15) is 17.3 Å². The van der Waals surface area contributed by atoms with Crippen molar-refractivity contribution in [2.45, 2.75) is 24.0 Å². The molecule has 0 saturated heterocycles. The Kier molecular flexibility index (Phi) is 6.01. The lowest BCUT2D eigenvalue weighted by Gasteiger charge is -2.19. The van der Waals surface area contributed by atoms with E-state index >= 15 is 0 Å².